The summed E-state index contributed by atoms with van der Waals surface area (Å²) in [5.41, 5.74) is 3.64. The van der Waals surface area contributed by atoms with Crippen LogP contribution in [0, 0.1) is 0 Å². The molecule has 6 nitrogen and oxygen atoms in total. The Kier molecular flexibility index (Phi) is 6.20. The molecule has 0 aromatic heterocycles. The van der Waals surface area contributed by atoms with E-state index in [4.69, 9.17) is 9.05 Å². The van der Waals surface area contributed by atoms with E-state index in [0.717, 1.165) is 22.3 Å². The fraction of sp³-hybridized carbons (Fsp3) is 0.0556. The van der Waals surface area contributed by atoms with Gasteiger partial charge in [-0.25, -0.2) is 0 Å². The van der Waals surface area contributed by atoms with Gasteiger partial charge < -0.3 is 19.3 Å². The predicted octanol–water partition coefficient (Wildman–Crippen LogP) is 8.15. The summed E-state index contributed by atoms with van der Waals surface area (Å²) in [6, 6.07) is 39.6. The van der Waals surface area contributed by atoms with Crippen LogP contribution in [-0.4, -0.2) is 10.2 Å². The quantitative estimate of drug-likeness (QED) is 0.194. The summed E-state index contributed by atoms with van der Waals surface area (Å²) in [6.45, 7) is 0. The molecule has 8 rings (SSSR count). The van der Waals surface area contributed by atoms with Crippen LogP contribution in [0.2, 0.25) is 0 Å². The van der Waals surface area contributed by atoms with E-state index in [9.17, 15) is 19.3 Å². The molecule has 6 aromatic carbocycles. The lowest BCUT2D eigenvalue weighted by atomic mass is 9.99. The van der Waals surface area contributed by atoms with Crippen LogP contribution in [0.3, 0.4) is 0 Å². The lowest BCUT2D eigenvalue weighted by molar-refractivity contribution is 0.237. The Hall–Kier alpha value is -4.44. The molecule has 0 spiro atoms. The van der Waals surface area contributed by atoms with E-state index in [1.807, 2.05) is 60.7 Å². The van der Waals surface area contributed by atoms with Gasteiger partial charge in [0, 0.05) is 11.1 Å². The van der Waals surface area contributed by atoms with Crippen molar-refractivity contribution in [3.8, 4) is 33.8 Å². The number of fused-ring (bicyclic) bond motifs is 7. The Morgan fingerprint density at radius 2 is 0.841 bits per heavy atom. The van der Waals surface area contributed by atoms with Crippen molar-refractivity contribution >= 4 is 36.1 Å². The first kappa shape index (κ1) is 27.1. The highest BCUT2D eigenvalue weighted by atomic mass is 31.2. The molecule has 0 amide bonds. The minimum Gasteiger partial charge on any atom is -0.437 e. The summed E-state index contributed by atoms with van der Waals surface area (Å²) in [6.07, 6.45) is 0. The van der Waals surface area contributed by atoms with Gasteiger partial charge in [0.2, 0.25) is 0 Å². The Morgan fingerprint density at radius 3 is 1.30 bits per heavy atom. The SMILES string of the molecule is O=P1(C(O)c2cccc3cccc(C(O)P4(=O)Oc5ccccc5-c5ccccc54)c23)Oc2ccccc2-c2ccccc21. The first-order valence-corrected chi connectivity index (χ1v) is 17.6. The van der Waals surface area contributed by atoms with E-state index in [1.54, 1.807) is 72.8 Å². The number of hydrogen-bond donors (Lipinski definition) is 2. The summed E-state index contributed by atoms with van der Waals surface area (Å²) in [7, 11) is -7.95. The van der Waals surface area contributed by atoms with E-state index in [-0.39, 0.29) is 0 Å². The molecule has 0 saturated carbocycles. The van der Waals surface area contributed by atoms with Crippen molar-refractivity contribution in [3.63, 3.8) is 0 Å². The second kappa shape index (κ2) is 10.1. The van der Waals surface area contributed by atoms with Crippen LogP contribution in [0.5, 0.6) is 11.5 Å². The van der Waals surface area contributed by atoms with E-state index < -0.39 is 26.4 Å². The number of hydrogen-bond acceptors (Lipinski definition) is 6. The van der Waals surface area contributed by atoms with Crippen LogP contribution in [0.15, 0.2) is 133 Å². The smallest absolute Gasteiger partial charge is 0.310 e. The van der Waals surface area contributed by atoms with E-state index in [0.29, 0.717) is 44.0 Å². The van der Waals surface area contributed by atoms with Crippen molar-refractivity contribution in [2.75, 3.05) is 0 Å². The molecule has 4 unspecified atom stereocenters. The zero-order chi connectivity index (χ0) is 30.1. The molecule has 0 radical (unpaired) electrons. The maximum atomic E-state index is 14.9. The molecular weight excluding hydrogens is 590 g/mol. The summed E-state index contributed by atoms with van der Waals surface area (Å²) in [5, 5.41) is 26.1. The Balaban J connectivity index is 1.30. The molecule has 8 heteroatoms. The lowest BCUT2D eigenvalue weighted by Gasteiger charge is -2.33. The normalized spacial score (nSPS) is 21.0. The average Bonchev–Trinajstić information content (AvgIpc) is 3.07. The lowest BCUT2D eigenvalue weighted by Crippen LogP contribution is -2.23. The molecule has 216 valence electrons. The molecular formula is C36H26O6P2. The molecule has 0 bridgehead atoms. The largest absolute Gasteiger partial charge is 0.437 e. The molecule has 2 N–H and O–H groups in total. The molecule has 44 heavy (non-hydrogen) atoms. The maximum Gasteiger partial charge on any atom is 0.310 e. The molecule has 2 heterocycles. The van der Waals surface area contributed by atoms with Gasteiger partial charge in [-0.3, -0.25) is 9.13 Å². The summed E-state index contributed by atoms with van der Waals surface area (Å²) < 4.78 is 42.2. The Bertz CT molecular complexity index is 2060. The van der Waals surface area contributed by atoms with Crippen LogP contribution >= 0.6 is 14.7 Å². The second-order valence-corrected chi connectivity index (χ2v) is 15.6. The minimum absolute atomic E-state index is 0.298. The minimum atomic E-state index is -3.98. The van der Waals surface area contributed by atoms with Gasteiger partial charge in [0.1, 0.15) is 11.5 Å². The number of aliphatic hydroxyl groups is 2. The zero-order valence-electron chi connectivity index (χ0n) is 23.3. The highest BCUT2D eigenvalue weighted by molar-refractivity contribution is 7.68. The third kappa shape index (κ3) is 3.89. The standard InChI is InChI=1S/C36H26O6P2/c37-35(43(39)32-21-7-3-15-26(32)24-13-1-5-19-30(24)41-43)28-17-9-11-23-12-10-18-29(34(23)28)36(38)44(40)33-22-8-4-16-27(33)25-14-2-6-20-31(25)42-44/h1-22,35-38H. The first-order chi connectivity index (χ1) is 21.4. The fourth-order valence-electron chi connectivity index (χ4n) is 6.43. The number of para-hydroxylation sites is 2. The van der Waals surface area contributed by atoms with Crippen LogP contribution in [0.4, 0.5) is 0 Å². The zero-order valence-corrected chi connectivity index (χ0v) is 25.1. The van der Waals surface area contributed by atoms with Gasteiger partial charge in [-0.1, -0.05) is 109 Å². The van der Waals surface area contributed by atoms with Crippen molar-refractivity contribution in [1.82, 2.24) is 0 Å². The Morgan fingerprint density at radius 1 is 0.455 bits per heavy atom. The van der Waals surface area contributed by atoms with E-state index in [2.05, 4.69) is 0 Å². The van der Waals surface area contributed by atoms with Gasteiger partial charge in [0.15, 0.2) is 11.7 Å². The summed E-state index contributed by atoms with van der Waals surface area (Å²) in [4.78, 5) is 0. The second-order valence-electron chi connectivity index (χ2n) is 10.9. The van der Waals surface area contributed by atoms with E-state index >= 15 is 0 Å². The van der Waals surface area contributed by atoms with Crippen LogP contribution in [-0.2, 0) is 9.13 Å². The number of aliphatic hydroxyl groups excluding tert-OH is 2. The van der Waals surface area contributed by atoms with Crippen LogP contribution in [0.1, 0.15) is 22.8 Å². The highest BCUT2D eigenvalue weighted by Crippen LogP contribution is 2.65. The predicted molar refractivity (Wildman–Crippen MR) is 173 cm³/mol. The van der Waals surface area contributed by atoms with E-state index in [1.165, 1.54) is 0 Å². The highest BCUT2D eigenvalue weighted by Gasteiger charge is 2.46. The van der Waals surface area contributed by atoms with Crippen LogP contribution in [0.25, 0.3) is 33.0 Å². The molecule has 0 aliphatic carbocycles. The molecule has 2 aliphatic heterocycles. The summed E-state index contributed by atoms with van der Waals surface area (Å²) >= 11 is 0. The number of rotatable bonds is 4. The first-order valence-electron chi connectivity index (χ1n) is 14.2. The van der Waals surface area contributed by atoms with Crippen molar-refractivity contribution < 1.29 is 28.4 Å². The third-order valence-electron chi connectivity index (χ3n) is 8.47. The molecule has 4 atom stereocenters. The van der Waals surface area contributed by atoms with Gasteiger partial charge in [-0.15, -0.1) is 0 Å². The monoisotopic (exact) mass is 616 g/mol. The van der Waals surface area contributed by atoms with Crippen molar-refractivity contribution in [1.29, 1.82) is 0 Å². The fourth-order valence-corrected chi connectivity index (χ4v) is 11.1. The molecule has 6 aromatic rings. The average molecular weight is 617 g/mol. The van der Waals surface area contributed by atoms with Gasteiger partial charge in [-0.2, -0.15) is 0 Å². The van der Waals surface area contributed by atoms with Gasteiger partial charge >= 0.3 is 14.7 Å². The number of benzene rings is 6. The van der Waals surface area contributed by atoms with Crippen molar-refractivity contribution in [2.45, 2.75) is 11.7 Å². The third-order valence-corrected chi connectivity index (χ3v) is 13.4. The Labute approximate surface area is 254 Å². The van der Waals surface area contributed by atoms with Crippen molar-refractivity contribution in [2.24, 2.45) is 0 Å². The van der Waals surface area contributed by atoms with Gasteiger partial charge in [0.25, 0.3) is 0 Å². The molecule has 2 aliphatic rings. The molecule has 0 fully saturated rings. The topological polar surface area (TPSA) is 93.1 Å². The van der Waals surface area contributed by atoms with Gasteiger partial charge in [-0.05, 0) is 57.3 Å². The molecule has 0 saturated heterocycles. The van der Waals surface area contributed by atoms with Gasteiger partial charge in [0.05, 0.1) is 10.6 Å². The summed E-state index contributed by atoms with van der Waals surface area (Å²) in [5.74, 6) is -2.33. The van der Waals surface area contributed by atoms with Crippen LogP contribution < -0.4 is 19.7 Å². The maximum absolute atomic E-state index is 14.9. The van der Waals surface area contributed by atoms with Crippen molar-refractivity contribution in [3.05, 3.63) is 145 Å².